The van der Waals surface area contributed by atoms with Crippen molar-refractivity contribution >= 4 is 5.69 Å². The minimum absolute atomic E-state index is 0.167. The van der Waals surface area contributed by atoms with E-state index in [1.807, 2.05) is 12.1 Å². The van der Waals surface area contributed by atoms with E-state index in [9.17, 15) is 4.39 Å². The lowest BCUT2D eigenvalue weighted by Crippen LogP contribution is -2.32. The molecule has 2 nitrogen and oxygen atoms in total. The third-order valence-corrected chi connectivity index (χ3v) is 3.33. The molecule has 1 heterocycles. The Kier molecular flexibility index (Phi) is 3.78. The molecule has 1 aliphatic rings. The van der Waals surface area contributed by atoms with Crippen molar-refractivity contribution in [3.63, 3.8) is 0 Å². The average molecular weight is 222 g/mol. The molecule has 0 saturated carbocycles. The van der Waals surface area contributed by atoms with Gasteiger partial charge < -0.3 is 10.2 Å². The van der Waals surface area contributed by atoms with Crippen LogP contribution in [0.25, 0.3) is 0 Å². The van der Waals surface area contributed by atoms with Gasteiger partial charge in [0.05, 0.1) is 0 Å². The summed E-state index contributed by atoms with van der Waals surface area (Å²) in [6.07, 6.45) is 3.59. The van der Waals surface area contributed by atoms with E-state index in [1.165, 1.54) is 25.0 Å². The second-order valence-electron chi connectivity index (χ2n) is 4.42. The van der Waals surface area contributed by atoms with Gasteiger partial charge in [-0.05, 0) is 56.6 Å². The van der Waals surface area contributed by atoms with Crippen molar-refractivity contribution in [2.24, 2.45) is 0 Å². The summed E-state index contributed by atoms with van der Waals surface area (Å²) in [4.78, 5) is 2.27. The Balaban J connectivity index is 2.04. The normalized spacial score (nSPS) is 21.5. The minimum atomic E-state index is -0.167. The summed E-state index contributed by atoms with van der Waals surface area (Å²) in [5.74, 6) is -0.167. The van der Waals surface area contributed by atoms with Crippen molar-refractivity contribution in [1.82, 2.24) is 5.32 Å². The third-order valence-electron chi connectivity index (χ3n) is 3.33. The Morgan fingerprint density at radius 1 is 1.19 bits per heavy atom. The zero-order valence-corrected chi connectivity index (χ0v) is 9.75. The summed E-state index contributed by atoms with van der Waals surface area (Å²) < 4.78 is 12.8. The van der Waals surface area contributed by atoms with E-state index in [-0.39, 0.29) is 5.82 Å². The molecule has 16 heavy (non-hydrogen) atoms. The van der Waals surface area contributed by atoms with Gasteiger partial charge in [-0.3, -0.25) is 0 Å². The van der Waals surface area contributed by atoms with Gasteiger partial charge in [0.1, 0.15) is 5.82 Å². The van der Waals surface area contributed by atoms with Gasteiger partial charge in [-0.15, -0.1) is 0 Å². The Labute approximate surface area is 96.5 Å². The molecule has 1 fully saturated rings. The number of nitrogens with one attached hydrogen (secondary N) is 1. The molecule has 0 bridgehead atoms. The fraction of sp³-hybridized carbons (Fsp3) is 0.538. The quantitative estimate of drug-likeness (QED) is 0.826. The van der Waals surface area contributed by atoms with Crippen molar-refractivity contribution in [2.75, 3.05) is 25.0 Å². The maximum Gasteiger partial charge on any atom is 0.123 e. The van der Waals surface area contributed by atoms with Gasteiger partial charge in [0, 0.05) is 18.8 Å². The molecule has 1 aliphatic heterocycles. The van der Waals surface area contributed by atoms with Crippen LogP contribution in [0.2, 0.25) is 0 Å². The second kappa shape index (κ2) is 5.30. The van der Waals surface area contributed by atoms with Crippen LogP contribution in [-0.4, -0.2) is 26.2 Å². The van der Waals surface area contributed by atoms with Gasteiger partial charge in [-0.2, -0.15) is 0 Å². The summed E-state index contributed by atoms with van der Waals surface area (Å²) >= 11 is 0. The van der Waals surface area contributed by atoms with Crippen LogP contribution in [0.3, 0.4) is 0 Å². The molecule has 1 N–H and O–H groups in total. The summed E-state index contributed by atoms with van der Waals surface area (Å²) in [5, 5.41) is 3.41. The zero-order valence-electron chi connectivity index (χ0n) is 9.75. The number of halogens is 1. The minimum Gasteiger partial charge on any atom is -0.372 e. The number of hydrogen-bond acceptors (Lipinski definition) is 2. The van der Waals surface area contributed by atoms with Gasteiger partial charge in [0.25, 0.3) is 0 Å². The molecule has 2 rings (SSSR count). The summed E-state index contributed by atoms with van der Waals surface area (Å²) in [7, 11) is 2.10. The molecule has 0 aliphatic carbocycles. The molecule has 1 atom stereocenters. The Hall–Kier alpha value is -1.09. The molecule has 3 heteroatoms. The number of hydrogen-bond donors (Lipinski definition) is 1. The van der Waals surface area contributed by atoms with Crippen molar-refractivity contribution < 1.29 is 4.39 Å². The Morgan fingerprint density at radius 3 is 2.69 bits per heavy atom. The molecule has 1 aromatic carbocycles. The van der Waals surface area contributed by atoms with Crippen LogP contribution < -0.4 is 10.2 Å². The molecule has 0 radical (unpaired) electrons. The lowest BCUT2D eigenvalue weighted by atomic mass is 10.1. The van der Waals surface area contributed by atoms with E-state index in [0.29, 0.717) is 6.04 Å². The maximum atomic E-state index is 12.8. The van der Waals surface area contributed by atoms with Crippen LogP contribution in [0.1, 0.15) is 19.3 Å². The first-order valence-corrected chi connectivity index (χ1v) is 5.96. The van der Waals surface area contributed by atoms with Gasteiger partial charge in [0.2, 0.25) is 0 Å². The first kappa shape index (κ1) is 11.4. The lowest BCUT2D eigenvalue weighted by Gasteiger charge is -2.29. The van der Waals surface area contributed by atoms with Crippen molar-refractivity contribution in [2.45, 2.75) is 25.3 Å². The lowest BCUT2D eigenvalue weighted by molar-refractivity contribution is 0.566. The molecule has 88 valence electrons. The zero-order chi connectivity index (χ0) is 11.4. The SMILES string of the molecule is CN(c1ccc(F)cc1)C1CCCNCC1. The van der Waals surface area contributed by atoms with E-state index in [4.69, 9.17) is 0 Å². The largest absolute Gasteiger partial charge is 0.372 e. The van der Waals surface area contributed by atoms with E-state index in [0.717, 1.165) is 25.2 Å². The summed E-state index contributed by atoms with van der Waals surface area (Å²) in [6.45, 7) is 2.20. The highest BCUT2D eigenvalue weighted by molar-refractivity contribution is 5.46. The number of rotatable bonds is 2. The van der Waals surface area contributed by atoms with Gasteiger partial charge in [-0.25, -0.2) is 4.39 Å². The van der Waals surface area contributed by atoms with E-state index in [1.54, 1.807) is 0 Å². The average Bonchev–Trinajstić information content (AvgIpc) is 2.57. The fourth-order valence-electron chi connectivity index (χ4n) is 2.28. The van der Waals surface area contributed by atoms with Crippen molar-refractivity contribution in [1.29, 1.82) is 0 Å². The summed E-state index contributed by atoms with van der Waals surface area (Å²) in [5.41, 5.74) is 1.10. The van der Waals surface area contributed by atoms with Crippen LogP contribution in [0.4, 0.5) is 10.1 Å². The molecule has 1 aromatic rings. The molecule has 1 unspecified atom stereocenters. The smallest absolute Gasteiger partial charge is 0.123 e. The third kappa shape index (κ3) is 2.73. The van der Waals surface area contributed by atoms with Crippen molar-refractivity contribution in [3.05, 3.63) is 30.1 Å². The Bertz CT molecular complexity index is 315. The Morgan fingerprint density at radius 2 is 1.94 bits per heavy atom. The fourth-order valence-corrected chi connectivity index (χ4v) is 2.28. The van der Waals surface area contributed by atoms with Gasteiger partial charge >= 0.3 is 0 Å². The molecule has 0 aromatic heterocycles. The standard InChI is InChI=1S/C13H19FN2/c1-16(12-3-2-9-15-10-8-12)13-6-4-11(14)5-7-13/h4-7,12,15H,2-3,8-10H2,1H3. The highest BCUT2D eigenvalue weighted by Gasteiger charge is 2.16. The first-order chi connectivity index (χ1) is 7.77. The first-order valence-electron chi connectivity index (χ1n) is 5.96. The molecular formula is C13H19FN2. The summed E-state index contributed by atoms with van der Waals surface area (Å²) in [6, 6.07) is 7.34. The topological polar surface area (TPSA) is 15.3 Å². The molecule has 0 amide bonds. The van der Waals surface area contributed by atoms with Gasteiger partial charge in [0.15, 0.2) is 0 Å². The molecular weight excluding hydrogens is 203 g/mol. The predicted molar refractivity (Wildman–Crippen MR) is 65.3 cm³/mol. The maximum absolute atomic E-state index is 12.8. The highest BCUT2D eigenvalue weighted by atomic mass is 19.1. The monoisotopic (exact) mass is 222 g/mol. The van der Waals surface area contributed by atoms with Crippen molar-refractivity contribution in [3.8, 4) is 0 Å². The van der Waals surface area contributed by atoms with Crippen LogP contribution >= 0.6 is 0 Å². The van der Waals surface area contributed by atoms with Crippen LogP contribution in [0, 0.1) is 5.82 Å². The van der Waals surface area contributed by atoms with Crippen LogP contribution in [-0.2, 0) is 0 Å². The van der Waals surface area contributed by atoms with Crippen LogP contribution in [0.5, 0.6) is 0 Å². The predicted octanol–water partition coefficient (Wildman–Crippen LogP) is 2.40. The number of anilines is 1. The second-order valence-corrected chi connectivity index (χ2v) is 4.42. The molecule has 0 spiro atoms. The number of nitrogens with zero attached hydrogens (tertiary/aromatic N) is 1. The van der Waals surface area contributed by atoms with E-state index >= 15 is 0 Å². The van der Waals surface area contributed by atoms with E-state index in [2.05, 4.69) is 17.3 Å². The van der Waals surface area contributed by atoms with Crippen LogP contribution in [0.15, 0.2) is 24.3 Å². The number of benzene rings is 1. The molecule has 1 saturated heterocycles. The van der Waals surface area contributed by atoms with Gasteiger partial charge in [-0.1, -0.05) is 0 Å². The van der Waals surface area contributed by atoms with E-state index < -0.39 is 0 Å². The highest BCUT2D eigenvalue weighted by Crippen LogP contribution is 2.20.